The molecule has 2 aromatic carbocycles. The third-order valence-electron chi connectivity index (χ3n) is 6.86. The van der Waals surface area contributed by atoms with Gasteiger partial charge in [-0.05, 0) is 60.7 Å². The van der Waals surface area contributed by atoms with E-state index in [1.807, 2.05) is 24.3 Å². The summed E-state index contributed by atoms with van der Waals surface area (Å²) in [6.45, 7) is 1.69. The Hall–Kier alpha value is -2.81. The Labute approximate surface area is 203 Å². The Morgan fingerprint density at radius 2 is 1.74 bits per heavy atom. The summed E-state index contributed by atoms with van der Waals surface area (Å²) in [7, 11) is 0. The fraction of sp³-hybridized carbons (Fsp3) is 0.444. The molecule has 4 atom stereocenters. The van der Waals surface area contributed by atoms with Gasteiger partial charge in [-0.1, -0.05) is 24.3 Å². The van der Waals surface area contributed by atoms with Crippen molar-refractivity contribution >= 4 is 5.97 Å². The second-order valence-electron chi connectivity index (χ2n) is 8.98. The molecule has 0 radical (unpaired) electrons. The van der Waals surface area contributed by atoms with Crippen molar-refractivity contribution < 1.29 is 37.6 Å². The Bertz CT molecular complexity index is 994. The highest BCUT2D eigenvalue weighted by atomic mass is 19.1. The van der Waals surface area contributed by atoms with Gasteiger partial charge in [0.2, 0.25) is 0 Å². The zero-order valence-electron chi connectivity index (χ0n) is 19.4. The molecule has 2 bridgehead atoms. The van der Waals surface area contributed by atoms with Crippen LogP contribution in [0.5, 0.6) is 5.75 Å². The first kappa shape index (κ1) is 25.3. The van der Waals surface area contributed by atoms with Crippen molar-refractivity contribution in [3.8, 4) is 5.75 Å². The fourth-order valence-electron chi connectivity index (χ4n) is 5.25. The third kappa shape index (κ3) is 6.25. The molecule has 8 heteroatoms. The van der Waals surface area contributed by atoms with Gasteiger partial charge in [-0.25, -0.2) is 13.6 Å². The molecule has 2 aliphatic rings. The largest absolute Gasteiger partial charge is 0.491 e. The summed E-state index contributed by atoms with van der Waals surface area (Å²) >= 11 is 0. The second kappa shape index (κ2) is 11.7. The number of hydrogen-bond donors (Lipinski definition) is 1. The molecule has 35 heavy (non-hydrogen) atoms. The highest BCUT2D eigenvalue weighted by Crippen LogP contribution is 2.56. The third-order valence-corrected chi connectivity index (χ3v) is 6.86. The van der Waals surface area contributed by atoms with Gasteiger partial charge in [0.1, 0.15) is 30.6 Å². The average molecular weight is 489 g/mol. The molecular formula is C27H30F2O6. The minimum atomic E-state index is -1.00. The molecular weight excluding hydrogens is 458 g/mol. The van der Waals surface area contributed by atoms with Crippen molar-refractivity contribution in [2.45, 2.75) is 24.4 Å². The summed E-state index contributed by atoms with van der Waals surface area (Å²) in [5, 5.41) is 8.70. The number of allylic oxidation sites excluding steroid dienone is 1. The molecule has 2 aromatic rings. The SMILES string of the molecule is O=C(O)COC/C=C\C[C@H]1[C@H](COCCOc2ccc(F)cc2)[C@@H]2C[C@@]1(c1ccc(F)cc1)CO2. The first-order valence-electron chi connectivity index (χ1n) is 11.8. The number of carbonyl (C=O) groups is 1. The van der Waals surface area contributed by atoms with E-state index in [9.17, 15) is 13.6 Å². The average Bonchev–Trinajstić information content (AvgIpc) is 3.41. The molecule has 2 fully saturated rings. The number of carboxylic acids is 1. The minimum absolute atomic E-state index is 0.0414. The maximum absolute atomic E-state index is 13.6. The van der Waals surface area contributed by atoms with Crippen LogP contribution in [0.25, 0.3) is 0 Å². The predicted molar refractivity (Wildman–Crippen MR) is 124 cm³/mol. The number of benzene rings is 2. The van der Waals surface area contributed by atoms with Gasteiger partial charge in [0.25, 0.3) is 0 Å². The van der Waals surface area contributed by atoms with Crippen LogP contribution in [0, 0.1) is 23.5 Å². The lowest BCUT2D eigenvalue weighted by Gasteiger charge is -2.39. The number of fused-ring (bicyclic) bond motifs is 2. The van der Waals surface area contributed by atoms with Crippen LogP contribution in [0.15, 0.2) is 60.7 Å². The van der Waals surface area contributed by atoms with E-state index in [0.29, 0.717) is 32.2 Å². The second-order valence-corrected chi connectivity index (χ2v) is 8.98. The predicted octanol–water partition coefficient (Wildman–Crippen LogP) is 4.38. The molecule has 1 N–H and O–H groups in total. The number of hydrogen-bond acceptors (Lipinski definition) is 5. The van der Waals surface area contributed by atoms with Crippen molar-refractivity contribution in [1.82, 2.24) is 0 Å². The van der Waals surface area contributed by atoms with E-state index in [2.05, 4.69) is 0 Å². The molecule has 1 saturated heterocycles. The molecule has 0 aromatic heterocycles. The van der Waals surface area contributed by atoms with E-state index in [1.54, 1.807) is 12.1 Å². The topological polar surface area (TPSA) is 74.2 Å². The van der Waals surface area contributed by atoms with Crippen LogP contribution in [0.2, 0.25) is 0 Å². The lowest BCUT2D eigenvalue weighted by atomic mass is 9.69. The van der Waals surface area contributed by atoms with Gasteiger partial charge in [-0.2, -0.15) is 0 Å². The van der Waals surface area contributed by atoms with Crippen molar-refractivity contribution in [3.05, 3.63) is 77.9 Å². The lowest BCUT2D eigenvalue weighted by Crippen LogP contribution is -2.41. The summed E-state index contributed by atoms with van der Waals surface area (Å²) in [5.41, 5.74) is 0.826. The summed E-state index contributed by atoms with van der Waals surface area (Å²) in [6, 6.07) is 12.5. The lowest BCUT2D eigenvalue weighted by molar-refractivity contribution is -0.141. The fourth-order valence-corrected chi connectivity index (χ4v) is 5.25. The van der Waals surface area contributed by atoms with Crippen molar-refractivity contribution in [3.63, 3.8) is 0 Å². The Kier molecular flexibility index (Phi) is 8.49. The molecule has 6 nitrogen and oxygen atoms in total. The maximum Gasteiger partial charge on any atom is 0.329 e. The Morgan fingerprint density at radius 1 is 1.03 bits per heavy atom. The van der Waals surface area contributed by atoms with Crippen LogP contribution in [0.1, 0.15) is 18.4 Å². The molecule has 1 saturated carbocycles. The van der Waals surface area contributed by atoms with Crippen LogP contribution >= 0.6 is 0 Å². The smallest absolute Gasteiger partial charge is 0.329 e. The number of rotatable bonds is 13. The highest BCUT2D eigenvalue weighted by Gasteiger charge is 2.59. The van der Waals surface area contributed by atoms with E-state index < -0.39 is 5.97 Å². The summed E-state index contributed by atoms with van der Waals surface area (Å²) in [4.78, 5) is 10.6. The molecule has 0 unspecified atom stereocenters. The molecule has 0 amide bonds. The van der Waals surface area contributed by atoms with Gasteiger partial charge in [0.05, 0.1) is 32.5 Å². The zero-order chi connectivity index (χ0) is 24.7. The molecule has 1 heterocycles. The standard InChI is InChI=1S/C27H30F2O6/c28-20-6-4-19(5-7-20)27-15-25(35-18-27)23(24(27)3-1-2-12-32-17-26(30)31)16-33-13-14-34-22-10-8-21(29)9-11-22/h1-2,4-11,23-25H,3,12-18H2,(H,30,31)/b2-1-/t23-,24-,25-,27-/m0/s1. The number of carboxylic acid groups (broad SMARTS) is 1. The van der Waals surface area contributed by atoms with Gasteiger partial charge in [-0.3, -0.25) is 0 Å². The highest BCUT2D eigenvalue weighted by molar-refractivity contribution is 5.68. The molecule has 1 aliphatic heterocycles. The first-order valence-corrected chi connectivity index (χ1v) is 11.8. The minimum Gasteiger partial charge on any atom is -0.491 e. The van der Waals surface area contributed by atoms with Crippen LogP contribution in [-0.4, -0.2) is 56.8 Å². The Balaban J connectivity index is 1.37. The van der Waals surface area contributed by atoms with Gasteiger partial charge in [-0.15, -0.1) is 0 Å². The first-order chi connectivity index (χ1) is 17.0. The van der Waals surface area contributed by atoms with Gasteiger partial charge in [0, 0.05) is 11.3 Å². The van der Waals surface area contributed by atoms with E-state index in [1.165, 1.54) is 24.3 Å². The van der Waals surface area contributed by atoms with Gasteiger partial charge < -0.3 is 24.1 Å². The van der Waals surface area contributed by atoms with E-state index in [4.69, 9.17) is 24.1 Å². The quantitative estimate of drug-likeness (QED) is 0.333. The van der Waals surface area contributed by atoms with E-state index in [-0.39, 0.29) is 48.2 Å². The molecule has 4 rings (SSSR count). The van der Waals surface area contributed by atoms with Crippen LogP contribution < -0.4 is 4.74 Å². The molecule has 188 valence electrons. The normalized spacial score (nSPS) is 25.4. The van der Waals surface area contributed by atoms with Gasteiger partial charge >= 0.3 is 5.97 Å². The Morgan fingerprint density at radius 3 is 2.46 bits per heavy atom. The van der Waals surface area contributed by atoms with Crippen LogP contribution in [0.3, 0.4) is 0 Å². The maximum atomic E-state index is 13.6. The van der Waals surface area contributed by atoms with Crippen molar-refractivity contribution in [1.29, 1.82) is 0 Å². The number of aliphatic carboxylic acids is 1. The summed E-state index contributed by atoms with van der Waals surface area (Å²) in [6.07, 6.45) is 5.48. The number of halogens is 2. The van der Waals surface area contributed by atoms with Crippen LogP contribution in [0.4, 0.5) is 8.78 Å². The van der Waals surface area contributed by atoms with E-state index >= 15 is 0 Å². The van der Waals surface area contributed by atoms with Gasteiger partial charge in [0.15, 0.2) is 0 Å². The van der Waals surface area contributed by atoms with E-state index in [0.717, 1.165) is 18.4 Å². The summed E-state index contributed by atoms with van der Waals surface area (Å²) < 4.78 is 49.4. The van der Waals surface area contributed by atoms with Crippen molar-refractivity contribution in [2.75, 3.05) is 39.6 Å². The molecule has 0 spiro atoms. The number of ether oxygens (including phenoxy) is 4. The molecule has 1 aliphatic carbocycles. The van der Waals surface area contributed by atoms with Crippen molar-refractivity contribution in [2.24, 2.45) is 11.8 Å². The zero-order valence-corrected chi connectivity index (χ0v) is 19.4. The monoisotopic (exact) mass is 488 g/mol. The van der Waals surface area contributed by atoms with Crippen LogP contribution in [-0.2, 0) is 24.4 Å². The summed E-state index contributed by atoms with van der Waals surface area (Å²) in [5.74, 6) is -0.647.